The van der Waals surface area contributed by atoms with Crippen molar-refractivity contribution in [3.8, 4) is 6.07 Å². The van der Waals surface area contributed by atoms with Gasteiger partial charge in [-0.05, 0) is 19.3 Å². The largest absolute Gasteiger partial charge is 0.298 e. The lowest BCUT2D eigenvalue weighted by atomic mass is 9.81. The molecule has 1 aliphatic rings. The van der Waals surface area contributed by atoms with Crippen LogP contribution in [0.4, 0.5) is 0 Å². The van der Waals surface area contributed by atoms with Gasteiger partial charge in [0.2, 0.25) is 0 Å². The van der Waals surface area contributed by atoms with Crippen molar-refractivity contribution in [2.24, 2.45) is 5.41 Å². The Morgan fingerprint density at radius 3 is 2.61 bits per heavy atom. The minimum Gasteiger partial charge on any atom is -0.298 e. The number of nitriles is 1. The predicted molar refractivity (Wildman–Crippen MR) is 66.9 cm³/mol. The average Bonchev–Trinajstić information content (AvgIpc) is 2.79. The van der Waals surface area contributed by atoms with Crippen LogP contribution in [0.5, 0.6) is 0 Å². The highest BCUT2D eigenvalue weighted by Crippen LogP contribution is 2.38. The molecule has 0 N–H and O–H groups in total. The standard InChI is InChI=1S/C15H15NO2/c16-11-15(9-4-7-14(15)18)10-8-13(17)12-5-2-1-3-6-12/h1-3,5-6H,4,7-10H2. The van der Waals surface area contributed by atoms with Gasteiger partial charge in [0.05, 0.1) is 6.07 Å². The topological polar surface area (TPSA) is 57.9 Å². The minimum absolute atomic E-state index is 0.00456. The Hall–Kier alpha value is -1.95. The Morgan fingerprint density at radius 1 is 1.33 bits per heavy atom. The van der Waals surface area contributed by atoms with E-state index >= 15 is 0 Å². The Morgan fingerprint density at radius 2 is 2.06 bits per heavy atom. The number of Topliss-reactive ketones (excluding diaryl/α,β-unsaturated/α-hetero) is 2. The zero-order valence-corrected chi connectivity index (χ0v) is 10.2. The Kier molecular flexibility index (Phi) is 3.57. The van der Waals surface area contributed by atoms with E-state index < -0.39 is 5.41 Å². The number of carbonyl (C=O) groups is 2. The van der Waals surface area contributed by atoms with Gasteiger partial charge < -0.3 is 0 Å². The molecule has 1 aromatic carbocycles. The molecule has 0 bridgehead atoms. The van der Waals surface area contributed by atoms with E-state index in [1.807, 2.05) is 18.2 Å². The Bertz CT molecular complexity index is 501. The second-order valence-corrected chi connectivity index (χ2v) is 4.76. The summed E-state index contributed by atoms with van der Waals surface area (Å²) in [6, 6.07) is 11.1. The molecule has 0 radical (unpaired) electrons. The summed E-state index contributed by atoms with van der Waals surface area (Å²) in [6.07, 6.45) is 2.47. The second kappa shape index (κ2) is 5.14. The van der Waals surface area contributed by atoms with Gasteiger partial charge in [-0.15, -0.1) is 0 Å². The van der Waals surface area contributed by atoms with Crippen molar-refractivity contribution < 1.29 is 9.59 Å². The number of rotatable bonds is 4. The van der Waals surface area contributed by atoms with E-state index in [0.717, 1.165) is 6.42 Å². The lowest BCUT2D eigenvalue weighted by Gasteiger charge is -2.17. The van der Waals surface area contributed by atoms with Crippen molar-refractivity contribution in [1.82, 2.24) is 0 Å². The van der Waals surface area contributed by atoms with Crippen LogP contribution in [0.3, 0.4) is 0 Å². The molecule has 1 aliphatic carbocycles. The van der Waals surface area contributed by atoms with Gasteiger partial charge in [0.1, 0.15) is 5.41 Å². The molecule has 1 fully saturated rings. The molecule has 1 atom stereocenters. The van der Waals surface area contributed by atoms with Crippen molar-refractivity contribution in [2.75, 3.05) is 0 Å². The van der Waals surface area contributed by atoms with Gasteiger partial charge in [0, 0.05) is 18.4 Å². The van der Waals surface area contributed by atoms with Crippen LogP contribution in [0.15, 0.2) is 30.3 Å². The molecular weight excluding hydrogens is 226 g/mol. The van der Waals surface area contributed by atoms with Crippen molar-refractivity contribution in [3.05, 3.63) is 35.9 Å². The fraction of sp³-hybridized carbons (Fsp3) is 0.400. The predicted octanol–water partition coefficient (Wildman–Crippen LogP) is 2.91. The van der Waals surface area contributed by atoms with Crippen molar-refractivity contribution in [2.45, 2.75) is 32.1 Å². The maximum absolute atomic E-state index is 11.9. The fourth-order valence-corrected chi connectivity index (χ4v) is 2.46. The first-order chi connectivity index (χ1) is 8.68. The average molecular weight is 241 g/mol. The molecule has 0 spiro atoms. The smallest absolute Gasteiger partial charge is 0.162 e. The molecule has 0 saturated heterocycles. The second-order valence-electron chi connectivity index (χ2n) is 4.76. The lowest BCUT2D eigenvalue weighted by Crippen LogP contribution is -2.24. The molecule has 1 aromatic rings. The maximum atomic E-state index is 11.9. The van der Waals surface area contributed by atoms with Gasteiger partial charge in [-0.25, -0.2) is 0 Å². The number of hydrogen-bond donors (Lipinski definition) is 0. The third kappa shape index (κ3) is 2.33. The number of hydrogen-bond acceptors (Lipinski definition) is 3. The molecule has 2 rings (SSSR count). The molecule has 0 aromatic heterocycles. The summed E-state index contributed by atoms with van der Waals surface area (Å²) in [5.74, 6) is 0.00999. The van der Waals surface area contributed by atoms with E-state index in [1.165, 1.54) is 0 Å². The monoisotopic (exact) mass is 241 g/mol. The first-order valence-electron chi connectivity index (χ1n) is 6.21. The summed E-state index contributed by atoms with van der Waals surface area (Å²) >= 11 is 0. The molecular formula is C15H15NO2. The molecule has 3 heteroatoms. The van der Waals surface area contributed by atoms with Crippen LogP contribution in [-0.4, -0.2) is 11.6 Å². The first-order valence-corrected chi connectivity index (χ1v) is 6.21. The Labute approximate surface area is 106 Å². The molecule has 18 heavy (non-hydrogen) atoms. The summed E-state index contributed by atoms with van der Waals surface area (Å²) < 4.78 is 0. The molecule has 0 heterocycles. The summed E-state index contributed by atoms with van der Waals surface area (Å²) in [7, 11) is 0. The van der Waals surface area contributed by atoms with Gasteiger partial charge in [-0.2, -0.15) is 5.26 Å². The third-order valence-corrected chi connectivity index (χ3v) is 3.63. The zero-order chi connectivity index (χ0) is 13.0. The van der Waals surface area contributed by atoms with E-state index in [2.05, 4.69) is 6.07 Å². The van der Waals surface area contributed by atoms with Crippen LogP contribution < -0.4 is 0 Å². The van der Waals surface area contributed by atoms with E-state index in [4.69, 9.17) is 0 Å². The SMILES string of the molecule is N#CC1(CCC(=O)c2ccccc2)CCCC1=O. The van der Waals surface area contributed by atoms with Gasteiger partial charge in [-0.1, -0.05) is 30.3 Å². The van der Waals surface area contributed by atoms with E-state index in [-0.39, 0.29) is 18.0 Å². The summed E-state index contributed by atoms with van der Waals surface area (Å²) in [4.78, 5) is 23.7. The summed E-state index contributed by atoms with van der Waals surface area (Å²) in [5, 5.41) is 9.19. The van der Waals surface area contributed by atoms with Crippen molar-refractivity contribution in [3.63, 3.8) is 0 Å². The third-order valence-electron chi connectivity index (χ3n) is 3.63. The van der Waals surface area contributed by atoms with Crippen LogP contribution in [0.2, 0.25) is 0 Å². The lowest BCUT2D eigenvalue weighted by molar-refractivity contribution is -0.123. The molecule has 1 unspecified atom stereocenters. The highest BCUT2D eigenvalue weighted by atomic mass is 16.1. The zero-order valence-electron chi connectivity index (χ0n) is 10.2. The maximum Gasteiger partial charge on any atom is 0.162 e. The van der Waals surface area contributed by atoms with Crippen LogP contribution in [-0.2, 0) is 4.79 Å². The van der Waals surface area contributed by atoms with Gasteiger partial charge >= 0.3 is 0 Å². The Balaban J connectivity index is 2.02. The normalized spacial score (nSPS) is 22.7. The van der Waals surface area contributed by atoms with Crippen LogP contribution >= 0.6 is 0 Å². The van der Waals surface area contributed by atoms with Gasteiger partial charge in [0.25, 0.3) is 0 Å². The van der Waals surface area contributed by atoms with Crippen LogP contribution in [0.25, 0.3) is 0 Å². The molecule has 1 saturated carbocycles. The van der Waals surface area contributed by atoms with Gasteiger partial charge in [-0.3, -0.25) is 9.59 Å². The molecule has 0 aliphatic heterocycles. The van der Waals surface area contributed by atoms with Crippen LogP contribution in [0, 0.1) is 16.7 Å². The van der Waals surface area contributed by atoms with E-state index in [9.17, 15) is 14.9 Å². The molecule has 0 amide bonds. The number of carbonyl (C=O) groups excluding carboxylic acids is 2. The first kappa shape index (κ1) is 12.5. The fourth-order valence-electron chi connectivity index (χ4n) is 2.46. The minimum atomic E-state index is -0.898. The highest BCUT2D eigenvalue weighted by molar-refractivity contribution is 5.97. The molecule has 92 valence electrons. The highest BCUT2D eigenvalue weighted by Gasteiger charge is 2.42. The quantitative estimate of drug-likeness (QED) is 0.761. The summed E-state index contributed by atoms with van der Waals surface area (Å²) in [5.41, 5.74) is -0.249. The number of nitrogens with zero attached hydrogens (tertiary/aromatic N) is 1. The number of ketones is 2. The van der Waals surface area contributed by atoms with Crippen molar-refractivity contribution >= 4 is 11.6 Å². The van der Waals surface area contributed by atoms with E-state index in [1.54, 1.807) is 12.1 Å². The van der Waals surface area contributed by atoms with Gasteiger partial charge in [0.15, 0.2) is 11.6 Å². The van der Waals surface area contributed by atoms with Crippen molar-refractivity contribution in [1.29, 1.82) is 5.26 Å². The number of benzene rings is 1. The summed E-state index contributed by atoms with van der Waals surface area (Å²) in [6.45, 7) is 0. The van der Waals surface area contributed by atoms with E-state index in [0.29, 0.717) is 24.8 Å². The van der Waals surface area contributed by atoms with Crippen LogP contribution in [0.1, 0.15) is 42.5 Å². The molecule has 3 nitrogen and oxygen atoms in total.